The number of rotatable bonds is 6. The molecule has 1 saturated heterocycles. The van der Waals surface area contributed by atoms with Crippen LogP contribution >= 0.6 is 0 Å². The number of hydrogen-bond acceptors (Lipinski definition) is 3. The molecule has 3 fully saturated rings. The molecule has 0 aromatic carbocycles. The predicted molar refractivity (Wildman–Crippen MR) is 82.2 cm³/mol. The topological polar surface area (TPSA) is 53.6 Å². The van der Waals surface area contributed by atoms with E-state index in [4.69, 9.17) is 4.74 Å². The highest BCUT2D eigenvalue weighted by molar-refractivity contribution is 5.74. The van der Waals surface area contributed by atoms with Gasteiger partial charge in [-0.1, -0.05) is 20.8 Å². The van der Waals surface area contributed by atoms with Crippen molar-refractivity contribution < 1.29 is 9.53 Å². The van der Waals surface area contributed by atoms with Crippen LogP contribution in [-0.4, -0.2) is 55.4 Å². The Morgan fingerprint density at radius 2 is 2.10 bits per heavy atom. The van der Waals surface area contributed by atoms with Crippen molar-refractivity contribution in [2.75, 3.05) is 26.2 Å². The standard InChI is InChI=1S/C16H29N3O2/c1-4-19(11-5-6-11)9-8-17-15(20)18-13-12-7-10-21-14(12)16(13,2)3/h11-14H,4-10H2,1-3H3,(H2,17,18,20). The van der Waals surface area contributed by atoms with Gasteiger partial charge in [0.25, 0.3) is 0 Å². The average Bonchev–Trinajstić information content (AvgIpc) is 3.18. The van der Waals surface area contributed by atoms with Crippen LogP contribution in [-0.2, 0) is 4.74 Å². The number of likely N-dealkylation sites (N-methyl/N-ethyl adjacent to an activating group) is 1. The molecular weight excluding hydrogens is 266 g/mol. The normalized spacial score (nSPS) is 33.4. The molecule has 3 rings (SSSR count). The number of nitrogens with one attached hydrogen (secondary N) is 2. The van der Waals surface area contributed by atoms with Crippen molar-refractivity contribution in [3.63, 3.8) is 0 Å². The summed E-state index contributed by atoms with van der Waals surface area (Å²) in [5, 5.41) is 6.18. The van der Waals surface area contributed by atoms with Gasteiger partial charge in [0.05, 0.1) is 6.10 Å². The summed E-state index contributed by atoms with van der Waals surface area (Å²) in [6.45, 7) is 10.2. The number of urea groups is 1. The second kappa shape index (κ2) is 5.76. The van der Waals surface area contributed by atoms with Crippen molar-refractivity contribution in [2.45, 2.75) is 58.2 Å². The van der Waals surface area contributed by atoms with E-state index < -0.39 is 0 Å². The molecule has 2 aliphatic carbocycles. The van der Waals surface area contributed by atoms with Crippen LogP contribution in [0.2, 0.25) is 0 Å². The van der Waals surface area contributed by atoms with E-state index in [2.05, 4.69) is 36.3 Å². The molecule has 120 valence electrons. The first-order valence-electron chi connectivity index (χ1n) is 8.44. The van der Waals surface area contributed by atoms with E-state index in [1.807, 2.05) is 0 Å². The van der Waals surface area contributed by atoms with Crippen LogP contribution in [0.25, 0.3) is 0 Å². The van der Waals surface area contributed by atoms with Gasteiger partial charge in [-0.25, -0.2) is 4.79 Å². The Morgan fingerprint density at radius 3 is 2.76 bits per heavy atom. The molecule has 1 aliphatic heterocycles. The van der Waals surface area contributed by atoms with Crippen molar-refractivity contribution in [3.05, 3.63) is 0 Å². The zero-order valence-corrected chi connectivity index (χ0v) is 13.5. The van der Waals surface area contributed by atoms with Crippen molar-refractivity contribution in [2.24, 2.45) is 11.3 Å². The average molecular weight is 295 g/mol. The molecule has 3 aliphatic rings. The number of carbonyl (C=O) groups is 1. The Bertz CT molecular complexity index is 395. The monoisotopic (exact) mass is 295 g/mol. The molecule has 21 heavy (non-hydrogen) atoms. The zero-order valence-electron chi connectivity index (χ0n) is 13.5. The Morgan fingerprint density at radius 1 is 1.33 bits per heavy atom. The lowest BCUT2D eigenvalue weighted by Crippen LogP contribution is -2.67. The Kier molecular flexibility index (Phi) is 4.14. The molecule has 2 saturated carbocycles. The lowest BCUT2D eigenvalue weighted by Gasteiger charge is -2.54. The maximum Gasteiger partial charge on any atom is 0.315 e. The highest BCUT2D eigenvalue weighted by Crippen LogP contribution is 2.51. The van der Waals surface area contributed by atoms with Gasteiger partial charge in [0.1, 0.15) is 0 Å². The molecule has 1 heterocycles. The zero-order chi connectivity index (χ0) is 15.0. The predicted octanol–water partition coefficient (Wildman–Crippen LogP) is 1.58. The van der Waals surface area contributed by atoms with Crippen LogP contribution in [0.5, 0.6) is 0 Å². The Labute approximate surface area is 127 Å². The summed E-state index contributed by atoms with van der Waals surface area (Å²) in [5.41, 5.74) is 0.0575. The van der Waals surface area contributed by atoms with Crippen molar-refractivity contribution >= 4 is 6.03 Å². The summed E-state index contributed by atoms with van der Waals surface area (Å²) in [5.74, 6) is 0.504. The van der Waals surface area contributed by atoms with Gasteiger partial charge in [0.2, 0.25) is 0 Å². The van der Waals surface area contributed by atoms with E-state index in [1.165, 1.54) is 12.8 Å². The SMILES string of the molecule is CCN(CCNC(=O)NC1C2CCOC2C1(C)C)C1CC1. The smallest absolute Gasteiger partial charge is 0.315 e. The van der Waals surface area contributed by atoms with Crippen LogP contribution in [0.1, 0.15) is 40.0 Å². The second-order valence-corrected chi connectivity index (χ2v) is 7.30. The molecule has 0 radical (unpaired) electrons. The molecular formula is C16H29N3O2. The molecule has 0 aromatic rings. The van der Waals surface area contributed by atoms with E-state index >= 15 is 0 Å². The highest BCUT2D eigenvalue weighted by Gasteiger charge is 2.59. The summed E-state index contributed by atoms with van der Waals surface area (Å²) in [6, 6.07) is 0.989. The minimum absolute atomic E-state index is 0.0229. The molecule has 5 nitrogen and oxygen atoms in total. The molecule has 5 heteroatoms. The molecule has 2 N–H and O–H groups in total. The van der Waals surface area contributed by atoms with E-state index in [1.54, 1.807) is 0 Å². The number of amides is 2. The summed E-state index contributed by atoms with van der Waals surface area (Å²) in [4.78, 5) is 14.5. The van der Waals surface area contributed by atoms with Gasteiger partial charge in [0.15, 0.2) is 0 Å². The third kappa shape index (κ3) is 2.90. The maximum atomic E-state index is 12.1. The first kappa shape index (κ1) is 15.1. The maximum absolute atomic E-state index is 12.1. The van der Waals surface area contributed by atoms with E-state index in [9.17, 15) is 4.79 Å². The third-order valence-electron chi connectivity index (χ3n) is 5.54. The molecule has 0 spiro atoms. The molecule has 3 unspecified atom stereocenters. The lowest BCUT2D eigenvalue weighted by molar-refractivity contribution is -0.108. The molecule has 3 atom stereocenters. The Hall–Kier alpha value is -0.810. The second-order valence-electron chi connectivity index (χ2n) is 7.30. The first-order valence-corrected chi connectivity index (χ1v) is 8.44. The van der Waals surface area contributed by atoms with Crippen LogP contribution in [0.15, 0.2) is 0 Å². The number of nitrogens with zero attached hydrogens (tertiary/aromatic N) is 1. The van der Waals surface area contributed by atoms with Crippen molar-refractivity contribution in [1.82, 2.24) is 15.5 Å². The number of fused-ring (bicyclic) bond motifs is 1. The summed E-state index contributed by atoms with van der Waals surface area (Å²) < 4.78 is 5.76. The minimum Gasteiger partial charge on any atom is -0.377 e. The molecule has 2 amide bonds. The van der Waals surface area contributed by atoms with Gasteiger partial charge in [-0.2, -0.15) is 0 Å². The molecule has 0 bridgehead atoms. The fourth-order valence-corrected chi connectivity index (χ4v) is 4.16. The Balaban J connectivity index is 1.40. The number of ether oxygens (including phenoxy) is 1. The third-order valence-corrected chi connectivity index (χ3v) is 5.54. The van der Waals surface area contributed by atoms with Crippen molar-refractivity contribution in [3.8, 4) is 0 Å². The van der Waals surface area contributed by atoms with E-state index in [0.717, 1.165) is 38.7 Å². The minimum atomic E-state index is -0.0229. The fraction of sp³-hybridized carbons (Fsp3) is 0.938. The summed E-state index contributed by atoms with van der Waals surface area (Å²) in [7, 11) is 0. The van der Waals surface area contributed by atoms with Crippen LogP contribution in [0, 0.1) is 11.3 Å². The van der Waals surface area contributed by atoms with Gasteiger partial charge in [0, 0.05) is 43.1 Å². The van der Waals surface area contributed by atoms with Crippen LogP contribution in [0.4, 0.5) is 4.79 Å². The number of hydrogen-bond donors (Lipinski definition) is 2. The summed E-state index contributed by atoms with van der Waals surface area (Å²) in [6.07, 6.45) is 4.04. The van der Waals surface area contributed by atoms with Gasteiger partial charge >= 0.3 is 6.03 Å². The largest absolute Gasteiger partial charge is 0.377 e. The van der Waals surface area contributed by atoms with Crippen LogP contribution < -0.4 is 10.6 Å². The van der Waals surface area contributed by atoms with Crippen LogP contribution in [0.3, 0.4) is 0 Å². The number of carbonyl (C=O) groups excluding carboxylic acids is 1. The van der Waals surface area contributed by atoms with Gasteiger partial charge in [-0.3, -0.25) is 4.90 Å². The fourth-order valence-electron chi connectivity index (χ4n) is 4.16. The van der Waals surface area contributed by atoms with E-state index in [-0.39, 0.29) is 17.5 Å². The van der Waals surface area contributed by atoms with Gasteiger partial charge < -0.3 is 15.4 Å². The van der Waals surface area contributed by atoms with Gasteiger partial charge in [-0.05, 0) is 25.8 Å². The first-order chi connectivity index (χ1) is 10.0. The highest BCUT2D eigenvalue weighted by atomic mass is 16.5. The molecule has 0 aromatic heterocycles. The van der Waals surface area contributed by atoms with E-state index in [0.29, 0.717) is 12.0 Å². The lowest BCUT2D eigenvalue weighted by atomic mass is 9.57. The quantitative estimate of drug-likeness (QED) is 0.782. The summed E-state index contributed by atoms with van der Waals surface area (Å²) >= 11 is 0. The van der Waals surface area contributed by atoms with Crippen molar-refractivity contribution in [1.29, 1.82) is 0 Å². The van der Waals surface area contributed by atoms with Gasteiger partial charge in [-0.15, -0.1) is 0 Å².